The van der Waals surface area contributed by atoms with E-state index in [1.165, 1.54) is 24.3 Å². The van der Waals surface area contributed by atoms with Gasteiger partial charge in [-0.25, -0.2) is 16.8 Å². The SMILES string of the molecule is CS(=O)(=O)c1cccc(/C=C/CN)c1S(C)(=O)=O. The molecule has 0 aliphatic rings. The van der Waals surface area contributed by atoms with Crippen molar-refractivity contribution in [3.05, 3.63) is 29.8 Å². The van der Waals surface area contributed by atoms with E-state index in [1.54, 1.807) is 6.08 Å². The van der Waals surface area contributed by atoms with Gasteiger partial charge in [0.15, 0.2) is 19.7 Å². The van der Waals surface area contributed by atoms with Crippen LogP contribution in [0.25, 0.3) is 6.08 Å². The van der Waals surface area contributed by atoms with Crippen molar-refractivity contribution in [1.29, 1.82) is 0 Å². The summed E-state index contributed by atoms with van der Waals surface area (Å²) in [5.74, 6) is 0. The summed E-state index contributed by atoms with van der Waals surface area (Å²) in [5.41, 5.74) is 5.63. The van der Waals surface area contributed by atoms with Crippen molar-refractivity contribution in [3.63, 3.8) is 0 Å². The van der Waals surface area contributed by atoms with Crippen LogP contribution in [-0.2, 0) is 19.7 Å². The van der Waals surface area contributed by atoms with Crippen LogP contribution in [0.1, 0.15) is 5.56 Å². The average Bonchev–Trinajstić information content (AvgIpc) is 2.23. The first-order chi connectivity index (χ1) is 8.18. The summed E-state index contributed by atoms with van der Waals surface area (Å²) in [4.78, 5) is -0.374. The standard InChI is InChI=1S/C11H15NO4S2/c1-17(13,14)10-7-3-5-9(6-4-8-12)11(10)18(2,15)16/h3-7H,8,12H2,1-2H3/b6-4+. The van der Waals surface area contributed by atoms with Crippen molar-refractivity contribution in [1.82, 2.24) is 0 Å². The lowest BCUT2D eigenvalue weighted by molar-refractivity contribution is 0.588. The van der Waals surface area contributed by atoms with Gasteiger partial charge < -0.3 is 5.73 Å². The molecule has 7 heteroatoms. The van der Waals surface area contributed by atoms with E-state index >= 15 is 0 Å². The number of hydrogen-bond donors (Lipinski definition) is 1. The second kappa shape index (κ2) is 5.21. The summed E-state index contributed by atoms with van der Waals surface area (Å²) in [6.45, 7) is 0.242. The molecule has 0 radical (unpaired) electrons. The molecule has 0 atom stereocenters. The molecule has 0 aromatic heterocycles. The molecular formula is C11H15NO4S2. The highest BCUT2D eigenvalue weighted by Crippen LogP contribution is 2.25. The van der Waals surface area contributed by atoms with Crippen LogP contribution >= 0.6 is 0 Å². The molecule has 0 spiro atoms. The molecule has 1 rings (SSSR count). The minimum Gasteiger partial charge on any atom is -0.327 e. The van der Waals surface area contributed by atoms with E-state index in [1.807, 2.05) is 0 Å². The summed E-state index contributed by atoms with van der Waals surface area (Å²) in [7, 11) is -7.26. The smallest absolute Gasteiger partial charge is 0.177 e. The van der Waals surface area contributed by atoms with E-state index < -0.39 is 19.7 Å². The molecular weight excluding hydrogens is 274 g/mol. The van der Waals surface area contributed by atoms with E-state index in [2.05, 4.69) is 0 Å². The number of benzene rings is 1. The van der Waals surface area contributed by atoms with Crippen LogP contribution in [0.3, 0.4) is 0 Å². The first kappa shape index (κ1) is 14.9. The molecule has 18 heavy (non-hydrogen) atoms. The normalized spacial score (nSPS) is 13.1. The molecule has 2 N–H and O–H groups in total. The Morgan fingerprint density at radius 2 is 1.72 bits per heavy atom. The fourth-order valence-electron chi connectivity index (χ4n) is 1.55. The quantitative estimate of drug-likeness (QED) is 0.869. The summed E-state index contributed by atoms with van der Waals surface area (Å²) < 4.78 is 46.7. The lowest BCUT2D eigenvalue weighted by Gasteiger charge is -2.09. The Morgan fingerprint density at radius 1 is 1.11 bits per heavy atom. The molecule has 0 amide bonds. The zero-order valence-corrected chi connectivity index (χ0v) is 11.8. The van der Waals surface area contributed by atoms with E-state index in [9.17, 15) is 16.8 Å². The molecule has 0 saturated carbocycles. The maximum Gasteiger partial charge on any atom is 0.177 e. The summed E-state index contributed by atoms with van der Waals surface area (Å²) in [6, 6.07) is 4.32. The third-order valence-corrected chi connectivity index (χ3v) is 4.68. The highest BCUT2D eigenvalue weighted by atomic mass is 32.2. The van der Waals surface area contributed by atoms with Gasteiger partial charge in [-0.3, -0.25) is 0 Å². The zero-order chi connectivity index (χ0) is 14.0. The van der Waals surface area contributed by atoms with Crippen LogP contribution in [0, 0.1) is 0 Å². The number of rotatable bonds is 4. The summed E-state index contributed by atoms with van der Waals surface area (Å²) in [5, 5.41) is 0. The Morgan fingerprint density at radius 3 is 2.17 bits per heavy atom. The van der Waals surface area contributed by atoms with E-state index in [-0.39, 0.29) is 16.3 Å². The minimum absolute atomic E-state index is 0.183. The molecule has 0 unspecified atom stereocenters. The molecule has 0 heterocycles. The van der Waals surface area contributed by atoms with Gasteiger partial charge in [0.05, 0.1) is 9.79 Å². The molecule has 0 aliphatic heterocycles. The highest BCUT2D eigenvalue weighted by molar-refractivity contribution is 7.93. The monoisotopic (exact) mass is 289 g/mol. The fraction of sp³-hybridized carbons (Fsp3) is 0.273. The van der Waals surface area contributed by atoms with Gasteiger partial charge in [0.1, 0.15) is 0 Å². The lowest BCUT2D eigenvalue weighted by Crippen LogP contribution is -2.09. The molecule has 1 aromatic carbocycles. The molecule has 0 aliphatic carbocycles. The summed E-state index contributed by atoms with van der Waals surface area (Å²) >= 11 is 0. The van der Waals surface area contributed by atoms with Crippen molar-refractivity contribution < 1.29 is 16.8 Å². The Balaban J connectivity index is 3.73. The van der Waals surface area contributed by atoms with Crippen LogP contribution in [0.5, 0.6) is 0 Å². The predicted molar refractivity (Wildman–Crippen MR) is 70.8 cm³/mol. The molecule has 100 valence electrons. The van der Waals surface area contributed by atoms with E-state index in [0.29, 0.717) is 5.56 Å². The minimum atomic E-state index is -3.65. The number of nitrogens with two attached hydrogens (primary N) is 1. The van der Waals surface area contributed by atoms with E-state index in [4.69, 9.17) is 5.73 Å². The average molecular weight is 289 g/mol. The second-order valence-corrected chi connectivity index (χ2v) is 7.79. The van der Waals surface area contributed by atoms with Gasteiger partial charge in [0, 0.05) is 19.1 Å². The second-order valence-electron chi connectivity index (χ2n) is 3.86. The van der Waals surface area contributed by atoms with Crippen molar-refractivity contribution in [3.8, 4) is 0 Å². The van der Waals surface area contributed by atoms with Gasteiger partial charge in [0.2, 0.25) is 0 Å². The van der Waals surface area contributed by atoms with Gasteiger partial charge >= 0.3 is 0 Å². The number of hydrogen-bond acceptors (Lipinski definition) is 5. The van der Waals surface area contributed by atoms with Crippen molar-refractivity contribution >= 4 is 25.8 Å². The van der Waals surface area contributed by atoms with Gasteiger partial charge in [-0.05, 0) is 11.6 Å². The fourth-order valence-corrected chi connectivity index (χ4v) is 4.23. The van der Waals surface area contributed by atoms with Gasteiger partial charge in [-0.2, -0.15) is 0 Å². The maximum absolute atomic E-state index is 11.8. The topological polar surface area (TPSA) is 94.3 Å². The molecule has 5 nitrogen and oxygen atoms in total. The maximum atomic E-state index is 11.8. The zero-order valence-electron chi connectivity index (χ0n) is 10.1. The van der Waals surface area contributed by atoms with Crippen LogP contribution in [-0.4, -0.2) is 35.9 Å². The highest BCUT2D eigenvalue weighted by Gasteiger charge is 2.22. The van der Waals surface area contributed by atoms with Crippen LogP contribution in [0.15, 0.2) is 34.1 Å². The largest absolute Gasteiger partial charge is 0.327 e. The Labute approximate surface area is 107 Å². The van der Waals surface area contributed by atoms with Gasteiger partial charge in [0.25, 0.3) is 0 Å². The Bertz CT molecular complexity index is 673. The van der Waals surface area contributed by atoms with Crippen LogP contribution in [0.2, 0.25) is 0 Å². The van der Waals surface area contributed by atoms with E-state index in [0.717, 1.165) is 12.5 Å². The van der Waals surface area contributed by atoms with Crippen LogP contribution < -0.4 is 5.73 Å². The van der Waals surface area contributed by atoms with Crippen LogP contribution in [0.4, 0.5) is 0 Å². The van der Waals surface area contributed by atoms with Crippen molar-refractivity contribution in [2.24, 2.45) is 5.73 Å². The molecule has 0 fully saturated rings. The number of sulfone groups is 2. The molecule has 0 saturated heterocycles. The van der Waals surface area contributed by atoms with Gasteiger partial charge in [-0.1, -0.05) is 24.3 Å². The van der Waals surface area contributed by atoms with Crippen molar-refractivity contribution in [2.45, 2.75) is 9.79 Å². The summed E-state index contributed by atoms with van der Waals surface area (Å²) in [6.07, 6.45) is 5.03. The Kier molecular flexibility index (Phi) is 4.31. The molecule has 0 bridgehead atoms. The third kappa shape index (κ3) is 3.41. The Hall–Kier alpha value is -1.18. The third-order valence-electron chi connectivity index (χ3n) is 2.21. The first-order valence-corrected chi connectivity index (χ1v) is 8.86. The van der Waals surface area contributed by atoms with Gasteiger partial charge in [-0.15, -0.1) is 0 Å². The predicted octanol–water partition coefficient (Wildman–Crippen LogP) is 0.466. The molecule has 1 aromatic rings. The lowest BCUT2D eigenvalue weighted by atomic mass is 10.2. The first-order valence-electron chi connectivity index (χ1n) is 5.07. The van der Waals surface area contributed by atoms with Crippen molar-refractivity contribution in [2.75, 3.05) is 19.1 Å².